The molecule has 2 aromatic rings. The first kappa shape index (κ1) is 23.4. The van der Waals surface area contributed by atoms with E-state index in [9.17, 15) is 9.59 Å². The molecule has 3 amide bonds. The smallest absolute Gasteiger partial charge is 0.322 e. The Morgan fingerprint density at radius 2 is 1.67 bits per heavy atom. The van der Waals surface area contributed by atoms with Crippen LogP contribution < -0.4 is 10.6 Å². The predicted molar refractivity (Wildman–Crippen MR) is 120 cm³/mol. The number of benzene rings is 1. The topological polar surface area (TPSA) is 87.5 Å². The van der Waals surface area contributed by atoms with Crippen molar-refractivity contribution >= 4 is 23.4 Å². The van der Waals surface area contributed by atoms with Crippen LogP contribution in [0.1, 0.15) is 76.7 Å². The zero-order valence-electron chi connectivity index (χ0n) is 19.1. The lowest BCUT2D eigenvalue weighted by Crippen LogP contribution is -2.45. The maximum Gasteiger partial charge on any atom is 0.322 e. The highest BCUT2D eigenvalue weighted by Gasteiger charge is 2.25. The maximum absolute atomic E-state index is 13.3. The molecule has 164 valence electrons. The monoisotopic (exact) mass is 414 g/mol. The Labute approximate surface area is 179 Å². The number of nitrogens with zero attached hydrogens (tertiary/aromatic N) is 2. The van der Waals surface area contributed by atoms with Gasteiger partial charge in [-0.2, -0.15) is 0 Å². The quantitative estimate of drug-likeness (QED) is 0.597. The molecule has 2 N–H and O–H groups in total. The van der Waals surface area contributed by atoms with Gasteiger partial charge in [-0.3, -0.25) is 4.79 Å². The second-order valence-corrected chi connectivity index (χ2v) is 8.31. The van der Waals surface area contributed by atoms with Crippen LogP contribution in [0.2, 0.25) is 0 Å². The van der Waals surface area contributed by atoms with Gasteiger partial charge in [-0.25, -0.2) is 4.79 Å². The molecule has 2 rings (SSSR count). The molecule has 0 fully saturated rings. The fourth-order valence-electron chi connectivity index (χ4n) is 3.28. The average Bonchev–Trinajstić information content (AvgIpc) is 3.09. The SMILES string of the molecule is CCC(C)N(CC(=O)Nc1cc(C)on1)C(=O)Nc1c(C(C)C)cccc1C(C)C. The van der Waals surface area contributed by atoms with Gasteiger partial charge in [0.25, 0.3) is 0 Å². The first-order chi connectivity index (χ1) is 14.1. The third-order valence-corrected chi connectivity index (χ3v) is 5.20. The summed E-state index contributed by atoms with van der Waals surface area (Å²) in [7, 11) is 0. The van der Waals surface area contributed by atoms with Crippen LogP contribution in [-0.2, 0) is 4.79 Å². The number of nitrogens with one attached hydrogen (secondary N) is 2. The fourth-order valence-corrected chi connectivity index (χ4v) is 3.28. The van der Waals surface area contributed by atoms with Crippen LogP contribution in [0, 0.1) is 6.92 Å². The summed E-state index contributed by atoms with van der Waals surface area (Å²) in [6.45, 7) is 14.0. The van der Waals surface area contributed by atoms with E-state index in [0.717, 1.165) is 23.2 Å². The highest BCUT2D eigenvalue weighted by Crippen LogP contribution is 2.32. The molecule has 7 nitrogen and oxygen atoms in total. The van der Waals surface area contributed by atoms with Crippen molar-refractivity contribution in [1.82, 2.24) is 10.1 Å². The van der Waals surface area contributed by atoms with Gasteiger partial charge in [0.1, 0.15) is 12.3 Å². The number of aromatic nitrogens is 1. The van der Waals surface area contributed by atoms with Gasteiger partial charge in [-0.05, 0) is 43.2 Å². The first-order valence-electron chi connectivity index (χ1n) is 10.6. The van der Waals surface area contributed by atoms with Gasteiger partial charge in [-0.15, -0.1) is 0 Å². The van der Waals surface area contributed by atoms with E-state index >= 15 is 0 Å². The van der Waals surface area contributed by atoms with Crippen molar-refractivity contribution in [2.24, 2.45) is 0 Å². The molecule has 30 heavy (non-hydrogen) atoms. The van der Waals surface area contributed by atoms with Gasteiger partial charge < -0.3 is 20.1 Å². The van der Waals surface area contributed by atoms with Gasteiger partial charge >= 0.3 is 6.03 Å². The highest BCUT2D eigenvalue weighted by molar-refractivity contribution is 5.97. The zero-order chi connectivity index (χ0) is 22.4. The van der Waals surface area contributed by atoms with Gasteiger partial charge in [0.05, 0.1) is 0 Å². The summed E-state index contributed by atoms with van der Waals surface area (Å²) < 4.78 is 4.98. The van der Waals surface area contributed by atoms with Crippen LogP contribution in [0.15, 0.2) is 28.8 Å². The standard InChI is InChI=1S/C23H34N4O3/c1-8-16(6)27(13-21(28)24-20-12-17(7)30-26-20)23(29)25-22-18(14(2)3)10-9-11-19(22)15(4)5/h9-12,14-16H,8,13H2,1-7H3,(H,25,29)(H,24,26,28). The first-order valence-corrected chi connectivity index (χ1v) is 10.6. The van der Waals surface area contributed by atoms with Crippen molar-refractivity contribution in [3.8, 4) is 0 Å². The van der Waals surface area contributed by atoms with E-state index in [0.29, 0.717) is 11.6 Å². The molecule has 0 radical (unpaired) electrons. The Morgan fingerprint density at radius 1 is 1.07 bits per heavy atom. The Balaban J connectivity index is 2.24. The number of amides is 3. The number of hydrogen-bond acceptors (Lipinski definition) is 4. The second-order valence-electron chi connectivity index (χ2n) is 8.31. The molecule has 0 saturated heterocycles. The van der Waals surface area contributed by atoms with Gasteiger partial charge in [0.2, 0.25) is 5.91 Å². The number of hydrogen-bond donors (Lipinski definition) is 2. The molecular formula is C23H34N4O3. The molecule has 0 aliphatic rings. The largest absolute Gasteiger partial charge is 0.360 e. The fraction of sp³-hybridized carbons (Fsp3) is 0.522. The zero-order valence-corrected chi connectivity index (χ0v) is 19.1. The normalized spacial score (nSPS) is 12.2. The molecule has 0 aliphatic heterocycles. The molecule has 0 bridgehead atoms. The van der Waals surface area contributed by atoms with Crippen molar-refractivity contribution in [3.05, 3.63) is 41.2 Å². The van der Waals surface area contributed by atoms with Gasteiger partial charge in [0.15, 0.2) is 5.82 Å². The van der Waals surface area contributed by atoms with E-state index in [1.807, 2.05) is 32.0 Å². The predicted octanol–water partition coefficient (Wildman–Crippen LogP) is 5.50. The van der Waals surface area contributed by atoms with E-state index in [2.05, 4.69) is 43.5 Å². The summed E-state index contributed by atoms with van der Waals surface area (Å²) in [6.07, 6.45) is 0.729. The third-order valence-electron chi connectivity index (χ3n) is 5.20. The van der Waals surface area contributed by atoms with Crippen molar-refractivity contribution < 1.29 is 14.1 Å². The third kappa shape index (κ3) is 5.84. The van der Waals surface area contributed by atoms with Crippen molar-refractivity contribution in [3.63, 3.8) is 0 Å². The average molecular weight is 415 g/mol. The van der Waals surface area contributed by atoms with E-state index < -0.39 is 0 Å². The van der Waals surface area contributed by atoms with E-state index in [1.54, 1.807) is 17.9 Å². The molecule has 1 aromatic heterocycles. The number of rotatable bonds is 8. The summed E-state index contributed by atoms with van der Waals surface area (Å²) in [5.41, 5.74) is 3.01. The van der Waals surface area contributed by atoms with Gasteiger partial charge in [-0.1, -0.05) is 58.0 Å². The van der Waals surface area contributed by atoms with Crippen molar-refractivity contribution in [2.75, 3.05) is 17.2 Å². The molecule has 0 aliphatic carbocycles. The number of urea groups is 1. The summed E-state index contributed by atoms with van der Waals surface area (Å²) in [5, 5.41) is 9.56. The lowest BCUT2D eigenvalue weighted by atomic mass is 9.92. The molecule has 7 heteroatoms. The second kappa shape index (κ2) is 10.3. The van der Waals surface area contributed by atoms with Crippen LogP contribution in [0.4, 0.5) is 16.3 Å². The molecule has 1 unspecified atom stereocenters. The molecule has 0 saturated carbocycles. The molecule has 1 aromatic carbocycles. The molecular weight excluding hydrogens is 380 g/mol. The Bertz CT molecular complexity index is 847. The van der Waals surface area contributed by atoms with Crippen molar-refractivity contribution in [2.45, 2.75) is 72.8 Å². The Hall–Kier alpha value is -2.83. The lowest BCUT2D eigenvalue weighted by molar-refractivity contribution is -0.117. The Kier molecular flexibility index (Phi) is 8.03. The summed E-state index contributed by atoms with van der Waals surface area (Å²) in [6, 6.07) is 7.35. The lowest BCUT2D eigenvalue weighted by Gasteiger charge is -2.29. The number of carbonyl (C=O) groups is 2. The minimum Gasteiger partial charge on any atom is -0.360 e. The molecule has 1 heterocycles. The molecule has 0 spiro atoms. The van der Waals surface area contributed by atoms with Crippen LogP contribution >= 0.6 is 0 Å². The number of para-hydroxylation sites is 1. The number of carbonyl (C=O) groups excluding carboxylic acids is 2. The summed E-state index contributed by atoms with van der Waals surface area (Å²) in [5.74, 6) is 1.15. The minimum atomic E-state index is -0.319. The summed E-state index contributed by atoms with van der Waals surface area (Å²) in [4.78, 5) is 27.4. The maximum atomic E-state index is 13.3. The Morgan fingerprint density at radius 3 is 2.13 bits per heavy atom. The molecule has 1 atom stereocenters. The number of anilines is 2. The van der Waals surface area contributed by atoms with Crippen LogP contribution in [0.3, 0.4) is 0 Å². The minimum absolute atomic E-state index is 0.0758. The van der Waals surface area contributed by atoms with Crippen LogP contribution in [0.5, 0.6) is 0 Å². The van der Waals surface area contributed by atoms with Crippen LogP contribution in [0.25, 0.3) is 0 Å². The van der Waals surface area contributed by atoms with Crippen molar-refractivity contribution in [1.29, 1.82) is 0 Å². The van der Waals surface area contributed by atoms with Gasteiger partial charge in [0, 0.05) is 17.8 Å². The van der Waals surface area contributed by atoms with E-state index in [1.165, 1.54) is 0 Å². The van der Waals surface area contributed by atoms with E-state index in [4.69, 9.17) is 4.52 Å². The highest BCUT2D eigenvalue weighted by atomic mass is 16.5. The summed E-state index contributed by atoms with van der Waals surface area (Å²) >= 11 is 0. The van der Waals surface area contributed by atoms with E-state index in [-0.39, 0.29) is 36.4 Å². The van der Waals surface area contributed by atoms with Crippen LogP contribution in [-0.4, -0.2) is 34.6 Å². The number of aryl methyl sites for hydroxylation is 1.